The topological polar surface area (TPSA) is 57.6 Å². The number of benzene rings is 2. The van der Waals surface area contributed by atoms with Crippen molar-refractivity contribution in [2.24, 2.45) is 0 Å². The third-order valence-electron chi connectivity index (χ3n) is 5.22. The SMILES string of the molecule is Cc1ccc(/C(O)=C2/C(=O)C(=O)N(c3ccc(F)c(F)c3)C2c2cccs2)cc1C. The van der Waals surface area contributed by atoms with Crippen molar-refractivity contribution in [1.82, 2.24) is 0 Å². The summed E-state index contributed by atoms with van der Waals surface area (Å²) in [4.78, 5) is 27.6. The van der Waals surface area contributed by atoms with Crippen LogP contribution in [0.2, 0.25) is 0 Å². The average Bonchev–Trinajstić information content (AvgIpc) is 3.33. The lowest BCUT2D eigenvalue weighted by Crippen LogP contribution is -2.29. The quantitative estimate of drug-likeness (QED) is 0.353. The van der Waals surface area contributed by atoms with E-state index in [-0.39, 0.29) is 17.0 Å². The lowest BCUT2D eigenvalue weighted by Gasteiger charge is -2.24. The van der Waals surface area contributed by atoms with Gasteiger partial charge >= 0.3 is 0 Å². The number of thiophene rings is 1. The van der Waals surface area contributed by atoms with E-state index in [2.05, 4.69) is 0 Å². The molecule has 1 atom stereocenters. The van der Waals surface area contributed by atoms with E-state index < -0.39 is 29.4 Å². The molecule has 2 aromatic carbocycles. The number of rotatable bonds is 3. The van der Waals surface area contributed by atoms with Gasteiger partial charge in [-0.25, -0.2) is 8.78 Å². The second kappa shape index (κ2) is 7.50. The van der Waals surface area contributed by atoms with Crippen LogP contribution in [0.3, 0.4) is 0 Å². The summed E-state index contributed by atoms with van der Waals surface area (Å²) in [5.74, 6) is -4.29. The van der Waals surface area contributed by atoms with Crippen LogP contribution in [0.4, 0.5) is 14.5 Å². The predicted octanol–water partition coefficient (Wildman–Crippen LogP) is 5.27. The van der Waals surface area contributed by atoms with Crippen molar-refractivity contribution < 1.29 is 23.5 Å². The summed E-state index contributed by atoms with van der Waals surface area (Å²) in [6.07, 6.45) is 0. The summed E-state index contributed by atoms with van der Waals surface area (Å²) >= 11 is 1.29. The fourth-order valence-electron chi connectivity index (χ4n) is 3.49. The van der Waals surface area contributed by atoms with Gasteiger partial charge in [0, 0.05) is 22.2 Å². The molecule has 3 aromatic rings. The van der Waals surface area contributed by atoms with E-state index in [4.69, 9.17) is 0 Å². The Morgan fingerprint density at radius 3 is 2.40 bits per heavy atom. The zero-order valence-corrected chi connectivity index (χ0v) is 17.0. The van der Waals surface area contributed by atoms with E-state index in [0.717, 1.165) is 28.2 Å². The Morgan fingerprint density at radius 2 is 1.77 bits per heavy atom. The number of halogens is 2. The molecule has 1 saturated heterocycles. The van der Waals surface area contributed by atoms with Crippen molar-refractivity contribution in [1.29, 1.82) is 0 Å². The van der Waals surface area contributed by atoms with Gasteiger partial charge in [-0.15, -0.1) is 11.3 Å². The Balaban J connectivity index is 1.93. The Morgan fingerprint density at radius 1 is 1.00 bits per heavy atom. The number of Topliss-reactive ketones (excluding diaryl/α,β-unsaturated/α-hetero) is 1. The first kappa shape index (κ1) is 20.0. The lowest BCUT2D eigenvalue weighted by molar-refractivity contribution is -0.132. The minimum Gasteiger partial charge on any atom is -0.507 e. The highest BCUT2D eigenvalue weighted by Crippen LogP contribution is 2.43. The number of hydrogen-bond acceptors (Lipinski definition) is 4. The molecule has 4 rings (SSSR count). The summed E-state index contributed by atoms with van der Waals surface area (Å²) in [7, 11) is 0. The van der Waals surface area contributed by atoms with Gasteiger partial charge < -0.3 is 5.11 Å². The summed E-state index contributed by atoms with van der Waals surface area (Å²) in [5.41, 5.74) is 2.29. The number of aliphatic hydroxyl groups is 1. The highest BCUT2D eigenvalue weighted by Gasteiger charge is 2.47. The summed E-state index contributed by atoms with van der Waals surface area (Å²) in [6, 6.07) is 10.8. The molecule has 7 heteroatoms. The molecule has 0 bridgehead atoms. The molecule has 1 amide bonds. The molecule has 1 unspecified atom stereocenters. The van der Waals surface area contributed by atoms with Gasteiger partial charge in [0.25, 0.3) is 11.7 Å². The monoisotopic (exact) mass is 425 g/mol. The van der Waals surface area contributed by atoms with Crippen LogP contribution in [-0.2, 0) is 9.59 Å². The Hall–Kier alpha value is -3.32. The van der Waals surface area contributed by atoms with Crippen LogP contribution >= 0.6 is 11.3 Å². The van der Waals surface area contributed by atoms with Gasteiger partial charge in [0.05, 0.1) is 5.57 Å². The van der Waals surface area contributed by atoms with E-state index in [0.29, 0.717) is 10.4 Å². The Bertz CT molecular complexity index is 1200. The largest absolute Gasteiger partial charge is 0.507 e. The van der Waals surface area contributed by atoms with Crippen LogP contribution in [0.15, 0.2) is 59.5 Å². The van der Waals surface area contributed by atoms with Crippen LogP contribution in [0.5, 0.6) is 0 Å². The molecule has 0 spiro atoms. The molecule has 4 nitrogen and oxygen atoms in total. The molecule has 2 heterocycles. The fourth-order valence-corrected chi connectivity index (χ4v) is 4.32. The number of anilines is 1. The maximum atomic E-state index is 13.9. The number of aryl methyl sites for hydroxylation is 2. The second-order valence-corrected chi connectivity index (χ2v) is 8.06. The third-order valence-corrected chi connectivity index (χ3v) is 6.14. The predicted molar refractivity (Wildman–Crippen MR) is 111 cm³/mol. The third kappa shape index (κ3) is 3.21. The fraction of sp³-hybridized carbons (Fsp3) is 0.130. The lowest BCUT2D eigenvalue weighted by atomic mass is 9.97. The van der Waals surface area contributed by atoms with Gasteiger partial charge in [0.1, 0.15) is 11.8 Å². The Kier molecular flexibility index (Phi) is 4.99. The van der Waals surface area contributed by atoms with E-state index in [9.17, 15) is 23.5 Å². The number of ketones is 1. The van der Waals surface area contributed by atoms with Crippen molar-refractivity contribution in [3.63, 3.8) is 0 Å². The molecular weight excluding hydrogens is 408 g/mol. The van der Waals surface area contributed by atoms with E-state index in [1.54, 1.807) is 29.6 Å². The van der Waals surface area contributed by atoms with Crippen LogP contribution in [0.25, 0.3) is 5.76 Å². The van der Waals surface area contributed by atoms with Crippen molar-refractivity contribution in [3.05, 3.63) is 92.7 Å². The van der Waals surface area contributed by atoms with Gasteiger partial charge in [-0.2, -0.15) is 0 Å². The summed E-state index contributed by atoms with van der Waals surface area (Å²) in [5, 5.41) is 12.8. The first-order valence-electron chi connectivity index (χ1n) is 9.16. The maximum Gasteiger partial charge on any atom is 0.300 e. The maximum absolute atomic E-state index is 13.9. The van der Waals surface area contributed by atoms with Gasteiger partial charge in [0.15, 0.2) is 11.6 Å². The van der Waals surface area contributed by atoms with Crippen molar-refractivity contribution in [3.8, 4) is 0 Å². The first-order chi connectivity index (χ1) is 14.3. The number of nitrogens with zero attached hydrogens (tertiary/aromatic N) is 1. The van der Waals surface area contributed by atoms with E-state index >= 15 is 0 Å². The van der Waals surface area contributed by atoms with Crippen molar-refractivity contribution >= 4 is 34.5 Å². The zero-order valence-electron chi connectivity index (χ0n) is 16.1. The second-order valence-electron chi connectivity index (χ2n) is 7.08. The average molecular weight is 425 g/mol. The number of carbonyl (C=O) groups excluding carboxylic acids is 2. The van der Waals surface area contributed by atoms with Crippen molar-refractivity contribution in [2.75, 3.05) is 4.90 Å². The standard InChI is InChI=1S/C23H17F2NO3S/c1-12-5-6-14(10-13(12)2)21(27)19-20(18-4-3-9-30-18)26(23(29)22(19)28)15-7-8-16(24)17(25)11-15/h3-11,20,27H,1-2H3/b21-19-. The zero-order chi connectivity index (χ0) is 21.6. The van der Waals surface area contributed by atoms with Gasteiger partial charge in [0.2, 0.25) is 0 Å². The molecule has 0 aliphatic carbocycles. The Labute approximate surface area is 175 Å². The van der Waals surface area contributed by atoms with Gasteiger partial charge in [-0.1, -0.05) is 18.2 Å². The van der Waals surface area contributed by atoms with E-state index in [1.807, 2.05) is 19.9 Å². The molecule has 30 heavy (non-hydrogen) atoms. The number of aliphatic hydroxyl groups excluding tert-OH is 1. The molecular formula is C23H17F2NO3S. The molecule has 1 aliphatic rings. The molecule has 0 radical (unpaired) electrons. The van der Waals surface area contributed by atoms with Crippen LogP contribution in [0, 0.1) is 25.5 Å². The minimum absolute atomic E-state index is 0.0357. The molecule has 0 saturated carbocycles. The summed E-state index contributed by atoms with van der Waals surface area (Å²) < 4.78 is 27.3. The first-order valence-corrected chi connectivity index (χ1v) is 10.0. The van der Waals surface area contributed by atoms with Gasteiger partial charge in [-0.3, -0.25) is 14.5 Å². The molecule has 1 aromatic heterocycles. The molecule has 1 aliphatic heterocycles. The van der Waals surface area contributed by atoms with Crippen LogP contribution < -0.4 is 4.90 Å². The number of hydrogen-bond donors (Lipinski definition) is 1. The van der Waals surface area contributed by atoms with Crippen LogP contribution in [0.1, 0.15) is 27.6 Å². The smallest absolute Gasteiger partial charge is 0.300 e. The molecule has 1 N–H and O–H groups in total. The minimum atomic E-state index is -1.13. The molecule has 1 fully saturated rings. The molecule has 152 valence electrons. The summed E-state index contributed by atoms with van der Waals surface area (Å²) in [6.45, 7) is 3.80. The van der Waals surface area contributed by atoms with Gasteiger partial charge in [-0.05, 0) is 54.6 Å². The number of amides is 1. The number of carbonyl (C=O) groups is 2. The van der Waals surface area contributed by atoms with Crippen molar-refractivity contribution in [2.45, 2.75) is 19.9 Å². The highest BCUT2D eigenvalue weighted by atomic mass is 32.1. The van der Waals surface area contributed by atoms with Crippen LogP contribution in [-0.4, -0.2) is 16.8 Å². The normalized spacial score (nSPS) is 18.3. The van der Waals surface area contributed by atoms with E-state index in [1.165, 1.54) is 17.4 Å². The highest BCUT2D eigenvalue weighted by molar-refractivity contribution is 7.10.